The first-order chi connectivity index (χ1) is 12.0. The molecule has 3 rings (SSSR count). The third kappa shape index (κ3) is 4.61. The molecular weight excluding hydrogens is 334 g/mol. The van der Waals surface area contributed by atoms with Gasteiger partial charge in [-0.25, -0.2) is 8.42 Å². The quantitative estimate of drug-likeness (QED) is 0.716. The number of aryl methyl sites for hydroxylation is 1. The maximum atomic E-state index is 12.4. The number of ether oxygens (including phenoxy) is 1. The van der Waals surface area contributed by atoms with Crippen molar-refractivity contribution < 1.29 is 13.2 Å². The molecule has 0 aliphatic rings. The largest absolute Gasteiger partial charge is 0.489 e. The summed E-state index contributed by atoms with van der Waals surface area (Å²) in [5.74, 6) is 0.683. The Morgan fingerprint density at radius 1 is 0.840 bits per heavy atom. The van der Waals surface area contributed by atoms with Gasteiger partial charge in [-0.1, -0.05) is 48.0 Å². The second kappa shape index (κ2) is 7.40. The van der Waals surface area contributed by atoms with Crippen LogP contribution in [0.2, 0.25) is 0 Å². The number of hydrogen-bond donors (Lipinski definition) is 1. The van der Waals surface area contributed by atoms with Gasteiger partial charge >= 0.3 is 0 Å². The van der Waals surface area contributed by atoms with E-state index in [-0.39, 0.29) is 4.90 Å². The van der Waals surface area contributed by atoms with Crippen molar-refractivity contribution in [2.24, 2.45) is 0 Å². The molecule has 4 nitrogen and oxygen atoms in total. The average Bonchev–Trinajstić information content (AvgIpc) is 2.62. The Bertz CT molecular complexity index is 919. The van der Waals surface area contributed by atoms with Crippen molar-refractivity contribution in [2.75, 3.05) is 4.72 Å². The van der Waals surface area contributed by atoms with Crippen LogP contribution in [0.3, 0.4) is 0 Å². The molecule has 0 bridgehead atoms. The van der Waals surface area contributed by atoms with E-state index in [0.717, 1.165) is 11.1 Å². The van der Waals surface area contributed by atoms with Crippen LogP contribution in [0, 0.1) is 6.92 Å². The van der Waals surface area contributed by atoms with Crippen LogP contribution in [0.15, 0.2) is 83.8 Å². The second-order valence-corrected chi connectivity index (χ2v) is 7.40. The molecule has 25 heavy (non-hydrogen) atoms. The van der Waals surface area contributed by atoms with E-state index in [0.29, 0.717) is 18.0 Å². The number of nitrogens with one attached hydrogen (secondary N) is 1. The molecule has 0 aliphatic carbocycles. The summed E-state index contributed by atoms with van der Waals surface area (Å²) in [4.78, 5) is 0.238. The predicted molar refractivity (Wildman–Crippen MR) is 99.2 cm³/mol. The van der Waals surface area contributed by atoms with Gasteiger partial charge in [0.05, 0.1) is 4.90 Å². The van der Waals surface area contributed by atoms with Crippen molar-refractivity contribution in [2.45, 2.75) is 18.4 Å². The second-order valence-electron chi connectivity index (χ2n) is 5.72. The molecule has 0 heterocycles. The number of rotatable bonds is 6. The summed E-state index contributed by atoms with van der Waals surface area (Å²) in [6.07, 6.45) is 0. The van der Waals surface area contributed by atoms with Crippen LogP contribution >= 0.6 is 0 Å². The summed E-state index contributed by atoms with van der Waals surface area (Å²) in [5, 5.41) is 0. The Kier molecular flexibility index (Phi) is 5.05. The van der Waals surface area contributed by atoms with Gasteiger partial charge in [-0.15, -0.1) is 0 Å². The molecule has 3 aromatic rings. The van der Waals surface area contributed by atoms with E-state index >= 15 is 0 Å². The van der Waals surface area contributed by atoms with E-state index < -0.39 is 10.0 Å². The standard InChI is InChI=1S/C20H19NO3S/c1-16-7-13-20(14-8-16)25(22,23)21-18-9-11-19(12-10-18)24-15-17-5-3-2-4-6-17/h2-14,21H,15H2,1H3. The molecule has 0 unspecified atom stereocenters. The molecule has 0 spiro atoms. The minimum absolute atomic E-state index is 0.238. The van der Waals surface area contributed by atoms with Crippen molar-refractivity contribution in [1.82, 2.24) is 0 Å². The summed E-state index contributed by atoms with van der Waals surface area (Å²) in [6.45, 7) is 2.38. The van der Waals surface area contributed by atoms with E-state index in [2.05, 4.69) is 4.72 Å². The number of anilines is 1. The lowest BCUT2D eigenvalue weighted by atomic mass is 10.2. The van der Waals surface area contributed by atoms with Gasteiger partial charge in [0.15, 0.2) is 0 Å². The van der Waals surface area contributed by atoms with Gasteiger partial charge in [0.1, 0.15) is 12.4 Å². The summed E-state index contributed by atoms with van der Waals surface area (Å²) < 4.78 is 33.0. The highest BCUT2D eigenvalue weighted by atomic mass is 32.2. The monoisotopic (exact) mass is 353 g/mol. The predicted octanol–water partition coefficient (Wildman–Crippen LogP) is 4.37. The van der Waals surface area contributed by atoms with Gasteiger partial charge in [0, 0.05) is 5.69 Å². The minimum atomic E-state index is -3.59. The van der Waals surface area contributed by atoms with Crippen LogP contribution in [0.4, 0.5) is 5.69 Å². The molecule has 0 saturated heterocycles. The first-order valence-corrected chi connectivity index (χ1v) is 9.37. The average molecular weight is 353 g/mol. The number of sulfonamides is 1. The van der Waals surface area contributed by atoms with E-state index in [9.17, 15) is 8.42 Å². The van der Waals surface area contributed by atoms with Gasteiger partial charge in [0.25, 0.3) is 10.0 Å². The molecular formula is C20H19NO3S. The van der Waals surface area contributed by atoms with E-state index in [1.807, 2.05) is 37.3 Å². The van der Waals surface area contributed by atoms with Crippen molar-refractivity contribution >= 4 is 15.7 Å². The Balaban J connectivity index is 1.65. The molecule has 0 atom stereocenters. The molecule has 0 aromatic heterocycles. The summed E-state index contributed by atoms with van der Waals surface area (Å²) in [7, 11) is -3.59. The molecule has 128 valence electrons. The summed E-state index contributed by atoms with van der Waals surface area (Å²) in [5.41, 5.74) is 2.58. The Morgan fingerprint density at radius 2 is 1.48 bits per heavy atom. The normalized spacial score (nSPS) is 11.1. The van der Waals surface area contributed by atoms with Gasteiger partial charge in [-0.2, -0.15) is 0 Å². The van der Waals surface area contributed by atoms with Gasteiger partial charge in [-0.05, 0) is 48.9 Å². The lowest BCUT2D eigenvalue weighted by Gasteiger charge is -2.10. The molecule has 3 aromatic carbocycles. The van der Waals surface area contributed by atoms with Crippen LogP contribution in [-0.4, -0.2) is 8.42 Å². The molecule has 0 amide bonds. The Labute approximate surface area is 148 Å². The van der Waals surface area contributed by atoms with Crippen LogP contribution in [0.1, 0.15) is 11.1 Å². The SMILES string of the molecule is Cc1ccc(S(=O)(=O)Nc2ccc(OCc3ccccc3)cc2)cc1. The summed E-state index contributed by atoms with van der Waals surface area (Å²) >= 11 is 0. The zero-order valence-corrected chi connectivity index (χ0v) is 14.7. The highest BCUT2D eigenvalue weighted by Crippen LogP contribution is 2.20. The van der Waals surface area contributed by atoms with Crippen molar-refractivity contribution in [3.63, 3.8) is 0 Å². The van der Waals surface area contributed by atoms with Crippen LogP contribution in [0.5, 0.6) is 5.75 Å². The Morgan fingerprint density at radius 3 is 2.12 bits per heavy atom. The molecule has 1 N–H and O–H groups in total. The minimum Gasteiger partial charge on any atom is -0.489 e. The zero-order valence-electron chi connectivity index (χ0n) is 13.8. The van der Waals surface area contributed by atoms with Crippen LogP contribution in [-0.2, 0) is 16.6 Å². The topological polar surface area (TPSA) is 55.4 Å². The molecule has 0 fully saturated rings. The molecule has 0 radical (unpaired) electrons. The fraction of sp³-hybridized carbons (Fsp3) is 0.100. The fourth-order valence-electron chi connectivity index (χ4n) is 2.29. The molecule has 0 saturated carbocycles. The third-order valence-corrected chi connectivity index (χ3v) is 5.08. The van der Waals surface area contributed by atoms with Crippen LogP contribution < -0.4 is 9.46 Å². The highest BCUT2D eigenvalue weighted by molar-refractivity contribution is 7.92. The van der Waals surface area contributed by atoms with Gasteiger partial charge in [0.2, 0.25) is 0 Å². The van der Waals surface area contributed by atoms with Crippen molar-refractivity contribution in [3.8, 4) is 5.75 Å². The van der Waals surface area contributed by atoms with Gasteiger partial charge in [-0.3, -0.25) is 4.72 Å². The fourth-order valence-corrected chi connectivity index (χ4v) is 3.35. The molecule has 0 aliphatic heterocycles. The summed E-state index contributed by atoms with van der Waals surface area (Å²) in [6, 6.07) is 23.5. The van der Waals surface area contributed by atoms with E-state index in [1.165, 1.54) is 0 Å². The number of hydrogen-bond acceptors (Lipinski definition) is 3. The molecule has 5 heteroatoms. The van der Waals surface area contributed by atoms with Crippen LogP contribution in [0.25, 0.3) is 0 Å². The first-order valence-electron chi connectivity index (χ1n) is 7.89. The third-order valence-electron chi connectivity index (χ3n) is 3.69. The van der Waals surface area contributed by atoms with Gasteiger partial charge < -0.3 is 4.74 Å². The first kappa shape index (κ1) is 17.0. The van der Waals surface area contributed by atoms with E-state index in [4.69, 9.17) is 4.74 Å². The highest BCUT2D eigenvalue weighted by Gasteiger charge is 2.13. The van der Waals surface area contributed by atoms with Crippen molar-refractivity contribution in [1.29, 1.82) is 0 Å². The maximum Gasteiger partial charge on any atom is 0.261 e. The Hall–Kier alpha value is -2.79. The smallest absolute Gasteiger partial charge is 0.261 e. The number of benzene rings is 3. The maximum absolute atomic E-state index is 12.4. The van der Waals surface area contributed by atoms with Crippen molar-refractivity contribution in [3.05, 3.63) is 90.0 Å². The van der Waals surface area contributed by atoms with E-state index in [1.54, 1.807) is 48.5 Å². The zero-order chi connectivity index (χ0) is 17.7. The lowest BCUT2D eigenvalue weighted by Crippen LogP contribution is -2.12. The lowest BCUT2D eigenvalue weighted by molar-refractivity contribution is 0.306.